The quantitative estimate of drug-likeness (QED) is 0.337. The smallest absolute Gasteiger partial charge is 0.271 e. The molecule has 10 heteroatoms. The highest BCUT2D eigenvalue weighted by Gasteiger charge is 2.42. The molecule has 0 saturated heterocycles. The Morgan fingerprint density at radius 1 is 1.38 bits per heavy atom. The lowest BCUT2D eigenvalue weighted by atomic mass is 9.76. The number of nitriles is 1. The van der Waals surface area contributed by atoms with E-state index in [1.165, 1.54) is 18.2 Å². The van der Waals surface area contributed by atoms with Crippen LogP contribution in [0.3, 0.4) is 0 Å². The largest absolute Gasteiger partial charge is 0.384 e. The number of benzene rings is 1. The Kier molecular flexibility index (Phi) is 6.03. The molecular formula is C22H19ClN4O3S2. The van der Waals surface area contributed by atoms with Gasteiger partial charge in [0, 0.05) is 34.7 Å². The van der Waals surface area contributed by atoms with Crippen molar-refractivity contribution in [3.8, 4) is 6.07 Å². The van der Waals surface area contributed by atoms with E-state index in [4.69, 9.17) is 17.3 Å². The maximum atomic E-state index is 13.2. The first-order valence-corrected chi connectivity index (χ1v) is 12.2. The van der Waals surface area contributed by atoms with Crippen LogP contribution in [0, 0.1) is 28.4 Å². The van der Waals surface area contributed by atoms with Crippen LogP contribution in [0.1, 0.15) is 35.6 Å². The fraction of sp³-hybridized carbons (Fsp3) is 0.273. The molecule has 1 aliphatic carbocycles. The summed E-state index contributed by atoms with van der Waals surface area (Å²) < 4.78 is 1.04. The number of halogens is 1. The molecule has 0 saturated carbocycles. The molecule has 0 fully saturated rings. The van der Waals surface area contributed by atoms with Crippen LogP contribution in [0.25, 0.3) is 0 Å². The van der Waals surface area contributed by atoms with Crippen molar-refractivity contribution >= 4 is 51.9 Å². The molecule has 0 bridgehead atoms. The highest BCUT2D eigenvalue weighted by atomic mass is 35.5. The fourth-order valence-corrected chi connectivity index (χ4v) is 6.51. The predicted octanol–water partition coefficient (Wildman–Crippen LogP) is 5.64. The van der Waals surface area contributed by atoms with Crippen LogP contribution in [0.5, 0.6) is 0 Å². The lowest BCUT2D eigenvalue weighted by molar-refractivity contribution is -0.384. The molecule has 0 unspecified atom stereocenters. The Morgan fingerprint density at radius 2 is 2.12 bits per heavy atom. The minimum absolute atomic E-state index is 0.0181. The maximum absolute atomic E-state index is 13.2. The number of carbonyl (C=O) groups is 1. The molecular weight excluding hydrogens is 468 g/mol. The van der Waals surface area contributed by atoms with Gasteiger partial charge in [0.15, 0.2) is 5.78 Å². The third-order valence-corrected chi connectivity index (χ3v) is 8.16. The number of anilines is 1. The van der Waals surface area contributed by atoms with Crippen molar-refractivity contribution in [1.82, 2.24) is 0 Å². The standard InChI is InChI=1S/C22H19ClN4O3S2/c1-11-8-13(22(31-2)32-11)19-14(10-24)21(25)26(17-4-3-5-18(28)20(17)19)16-7-6-12(27(29)30)9-15(16)23/h6-9,19H,3-5,25H2,1-2H3/t19-/m0/s1. The monoisotopic (exact) mass is 486 g/mol. The van der Waals surface area contributed by atoms with E-state index in [2.05, 4.69) is 6.07 Å². The van der Waals surface area contributed by atoms with Gasteiger partial charge in [-0.1, -0.05) is 11.6 Å². The summed E-state index contributed by atoms with van der Waals surface area (Å²) in [5, 5.41) is 21.4. The molecule has 0 spiro atoms. The number of non-ortho nitro benzene ring substituents is 1. The third-order valence-electron chi connectivity index (χ3n) is 5.64. The number of rotatable bonds is 4. The molecule has 1 aromatic heterocycles. The lowest BCUT2D eigenvalue weighted by Gasteiger charge is -2.39. The molecule has 164 valence electrons. The van der Waals surface area contributed by atoms with E-state index < -0.39 is 10.8 Å². The van der Waals surface area contributed by atoms with Gasteiger partial charge in [-0.3, -0.25) is 19.8 Å². The van der Waals surface area contributed by atoms with Crippen molar-refractivity contribution in [3.63, 3.8) is 0 Å². The summed E-state index contributed by atoms with van der Waals surface area (Å²) in [7, 11) is 0. The van der Waals surface area contributed by atoms with E-state index >= 15 is 0 Å². The van der Waals surface area contributed by atoms with Crippen molar-refractivity contribution in [1.29, 1.82) is 5.26 Å². The number of thioether (sulfide) groups is 1. The third kappa shape index (κ3) is 3.58. The van der Waals surface area contributed by atoms with Crippen LogP contribution in [-0.2, 0) is 4.79 Å². The van der Waals surface area contributed by atoms with Gasteiger partial charge in [0.05, 0.1) is 37.4 Å². The second-order valence-electron chi connectivity index (χ2n) is 7.51. The number of allylic oxidation sites excluding steroid dienone is 3. The van der Waals surface area contributed by atoms with Crippen molar-refractivity contribution in [2.75, 3.05) is 11.2 Å². The number of hydrogen-bond donors (Lipinski definition) is 1. The second kappa shape index (κ2) is 8.62. The van der Waals surface area contributed by atoms with Gasteiger partial charge < -0.3 is 5.73 Å². The molecule has 4 rings (SSSR count). The van der Waals surface area contributed by atoms with Crippen LogP contribution in [0.4, 0.5) is 11.4 Å². The van der Waals surface area contributed by atoms with Crippen LogP contribution in [-0.4, -0.2) is 17.0 Å². The summed E-state index contributed by atoms with van der Waals surface area (Å²) >= 11 is 9.62. The number of aryl methyl sites for hydroxylation is 1. The van der Waals surface area contributed by atoms with Crippen molar-refractivity contribution < 1.29 is 9.72 Å². The van der Waals surface area contributed by atoms with Crippen molar-refractivity contribution in [2.24, 2.45) is 5.73 Å². The summed E-state index contributed by atoms with van der Waals surface area (Å²) in [6, 6.07) is 8.35. The van der Waals surface area contributed by atoms with E-state index in [1.807, 2.05) is 19.2 Å². The number of hydrogen-bond acceptors (Lipinski definition) is 8. The number of Topliss-reactive ketones (excluding diaryl/α,β-unsaturated/α-hetero) is 1. The van der Waals surface area contributed by atoms with Gasteiger partial charge in [0.1, 0.15) is 5.82 Å². The summed E-state index contributed by atoms with van der Waals surface area (Å²) in [5.41, 5.74) is 9.27. The Bertz CT molecular complexity index is 1260. The summed E-state index contributed by atoms with van der Waals surface area (Å²) in [5.74, 6) is -0.365. The zero-order valence-electron chi connectivity index (χ0n) is 17.3. The highest BCUT2D eigenvalue weighted by molar-refractivity contribution is 8.00. The van der Waals surface area contributed by atoms with Crippen molar-refractivity contribution in [2.45, 2.75) is 36.3 Å². The minimum Gasteiger partial charge on any atom is -0.384 e. The average molecular weight is 487 g/mol. The SMILES string of the molecule is CSc1sc(C)cc1[C@H]1C(C#N)=C(N)N(c2ccc([N+](=O)[O-])cc2Cl)C2=C1C(=O)CCC2. The first-order valence-electron chi connectivity index (χ1n) is 9.82. The molecule has 0 amide bonds. The van der Waals surface area contributed by atoms with Gasteiger partial charge >= 0.3 is 0 Å². The first-order chi connectivity index (χ1) is 15.3. The maximum Gasteiger partial charge on any atom is 0.271 e. The second-order valence-corrected chi connectivity index (χ2v) is 10.3. The summed E-state index contributed by atoms with van der Waals surface area (Å²) in [4.78, 5) is 26.5. The Balaban J connectivity index is 1.98. The molecule has 0 radical (unpaired) electrons. The van der Waals surface area contributed by atoms with Crippen LogP contribution < -0.4 is 10.6 Å². The van der Waals surface area contributed by atoms with Gasteiger partial charge in [0.25, 0.3) is 5.69 Å². The highest BCUT2D eigenvalue weighted by Crippen LogP contribution is 2.50. The summed E-state index contributed by atoms with van der Waals surface area (Å²) in [6.45, 7) is 2.00. The molecule has 2 aliphatic rings. The van der Waals surface area contributed by atoms with Gasteiger partial charge in [-0.25, -0.2) is 0 Å². The number of thiophene rings is 1. The van der Waals surface area contributed by atoms with Crippen LogP contribution in [0.2, 0.25) is 5.02 Å². The van der Waals surface area contributed by atoms with E-state index in [0.717, 1.165) is 14.6 Å². The van der Waals surface area contributed by atoms with Crippen LogP contribution >= 0.6 is 34.7 Å². The number of nitrogens with two attached hydrogens (primary N) is 1. The Hall–Kier alpha value is -2.80. The number of carbonyl (C=O) groups excluding carboxylic acids is 1. The van der Waals surface area contributed by atoms with Gasteiger partial charge in [0.2, 0.25) is 0 Å². The molecule has 1 aromatic carbocycles. The topological polar surface area (TPSA) is 113 Å². The molecule has 1 aliphatic heterocycles. The van der Waals surface area contributed by atoms with E-state index in [9.17, 15) is 20.2 Å². The number of ketones is 1. The zero-order chi connectivity index (χ0) is 23.2. The molecule has 2 heterocycles. The van der Waals surface area contributed by atoms with Crippen molar-refractivity contribution in [3.05, 3.63) is 72.5 Å². The molecule has 2 N–H and O–H groups in total. The molecule has 1 atom stereocenters. The lowest BCUT2D eigenvalue weighted by Crippen LogP contribution is -2.38. The average Bonchev–Trinajstić information content (AvgIpc) is 3.14. The Labute approximate surface area is 198 Å². The van der Waals surface area contributed by atoms with Gasteiger partial charge in [-0.2, -0.15) is 5.26 Å². The van der Waals surface area contributed by atoms with E-state index in [-0.39, 0.29) is 27.9 Å². The normalized spacial score (nSPS) is 18.6. The minimum atomic E-state index is -0.539. The molecule has 32 heavy (non-hydrogen) atoms. The van der Waals surface area contributed by atoms with Gasteiger partial charge in [-0.05, 0) is 43.7 Å². The fourth-order valence-electron chi connectivity index (χ4n) is 4.34. The summed E-state index contributed by atoms with van der Waals surface area (Å²) in [6.07, 6.45) is 3.60. The van der Waals surface area contributed by atoms with Crippen LogP contribution in [0.15, 0.2) is 51.1 Å². The van der Waals surface area contributed by atoms with E-state index in [0.29, 0.717) is 36.2 Å². The Morgan fingerprint density at radius 3 is 2.75 bits per heavy atom. The van der Waals surface area contributed by atoms with Gasteiger partial charge in [-0.15, -0.1) is 23.1 Å². The molecule has 2 aromatic rings. The van der Waals surface area contributed by atoms with E-state index in [1.54, 1.807) is 28.0 Å². The first kappa shape index (κ1) is 22.4. The molecule has 7 nitrogen and oxygen atoms in total. The predicted molar refractivity (Wildman–Crippen MR) is 127 cm³/mol. The number of nitrogens with zero attached hydrogens (tertiary/aromatic N) is 3. The number of nitro groups is 1. The number of nitro benzene ring substituents is 1. The zero-order valence-corrected chi connectivity index (χ0v) is 19.7.